The molecule has 1 aromatic carbocycles. The van der Waals surface area contributed by atoms with Crippen LogP contribution in [0.4, 0.5) is 4.79 Å². The monoisotopic (exact) mass is 531 g/mol. The van der Waals surface area contributed by atoms with Crippen molar-refractivity contribution in [3.63, 3.8) is 0 Å². The standard InChI is InChI=1S/C28H37NO9/c1-15(2)17-12-16-13-20(36-11-9-10-33-6)19(34-7)14-18(16)23-21(17)24(37-27(32)38-28(3,4)5)22(25(30)29-23)26(31)35-8/h13-15,17H,9-12H2,1-8H3,(H,29,30). The number of nitrogens with one attached hydrogen (secondary N) is 1. The van der Waals surface area contributed by atoms with E-state index in [1.807, 2.05) is 19.9 Å². The van der Waals surface area contributed by atoms with Crippen LogP contribution in [-0.4, -0.2) is 57.3 Å². The van der Waals surface area contributed by atoms with Crippen LogP contribution in [0.3, 0.4) is 0 Å². The summed E-state index contributed by atoms with van der Waals surface area (Å²) >= 11 is 0. The lowest BCUT2D eigenvalue weighted by atomic mass is 9.75. The van der Waals surface area contributed by atoms with Crippen LogP contribution < -0.4 is 19.8 Å². The number of aromatic amines is 1. The third kappa shape index (κ3) is 6.30. The van der Waals surface area contributed by atoms with Gasteiger partial charge in [0.15, 0.2) is 22.8 Å². The lowest BCUT2D eigenvalue weighted by molar-refractivity contribution is 0.0199. The average Bonchev–Trinajstić information content (AvgIpc) is 2.83. The fraction of sp³-hybridized carbons (Fsp3) is 0.536. The molecular formula is C28H37NO9. The average molecular weight is 532 g/mol. The van der Waals surface area contributed by atoms with Crippen molar-refractivity contribution in [2.45, 2.75) is 59.0 Å². The van der Waals surface area contributed by atoms with E-state index in [0.717, 1.165) is 12.7 Å². The number of pyridine rings is 1. The molecule has 1 aromatic heterocycles. The highest BCUT2D eigenvalue weighted by Crippen LogP contribution is 2.49. The van der Waals surface area contributed by atoms with Gasteiger partial charge in [-0.25, -0.2) is 9.59 Å². The Labute approximate surface area is 222 Å². The molecule has 0 saturated heterocycles. The Bertz CT molecular complexity index is 1240. The summed E-state index contributed by atoms with van der Waals surface area (Å²) in [5.41, 5.74) is 0.573. The summed E-state index contributed by atoms with van der Waals surface area (Å²) in [4.78, 5) is 41.5. The fourth-order valence-corrected chi connectivity index (χ4v) is 4.48. The van der Waals surface area contributed by atoms with E-state index < -0.39 is 28.8 Å². The van der Waals surface area contributed by atoms with Crippen molar-refractivity contribution in [3.05, 3.63) is 39.2 Å². The lowest BCUT2D eigenvalue weighted by Gasteiger charge is -2.32. The van der Waals surface area contributed by atoms with Crippen molar-refractivity contribution in [2.24, 2.45) is 5.92 Å². The molecule has 0 radical (unpaired) electrons. The predicted molar refractivity (Wildman–Crippen MR) is 141 cm³/mol. The number of hydrogen-bond acceptors (Lipinski definition) is 9. The van der Waals surface area contributed by atoms with Gasteiger partial charge in [-0.2, -0.15) is 0 Å². The molecule has 1 atom stereocenters. The van der Waals surface area contributed by atoms with E-state index in [1.165, 1.54) is 7.11 Å². The number of fused-ring (bicyclic) bond motifs is 3. The van der Waals surface area contributed by atoms with Crippen LogP contribution in [0.25, 0.3) is 11.3 Å². The molecule has 0 bridgehead atoms. The maximum Gasteiger partial charge on any atom is 0.514 e. The fourth-order valence-electron chi connectivity index (χ4n) is 4.48. The minimum absolute atomic E-state index is 0.0486. The van der Waals surface area contributed by atoms with Crippen molar-refractivity contribution in [1.29, 1.82) is 0 Å². The van der Waals surface area contributed by atoms with Gasteiger partial charge in [0.05, 0.1) is 26.5 Å². The number of hydrogen-bond donors (Lipinski definition) is 1. The highest BCUT2D eigenvalue weighted by molar-refractivity contribution is 5.95. The van der Waals surface area contributed by atoms with Crippen LogP contribution in [0.5, 0.6) is 17.2 Å². The Balaban J connectivity index is 2.24. The maximum absolute atomic E-state index is 13.2. The number of benzene rings is 1. The third-order valence-corrected chi connectivity index (χ3v) is 6.20. The Morgan fingerprint density at radius 2 is 1.79 bits per heavy atom. The van der Waals surface area contributed by atoms with Gasteiger partial charge in [0.1, 0.15) is 5.60 Å². The summed E-state index contributed by atoms with van der Waals surface area (Å²) in [5, 5.41) is 0. The summed E-state index contributed by atoms with van der Waals surface area (Å²) < 4.78 is 32.5. The second-order valence-electron chi connectivity index (χ2n) is 10.4. The predicted octanol–water partition coefficient (Wildman–Crippen LogP) is 4.86. The highest BCUT2D eigenvalue weighted by atomic mass is 16.7. The zero-order chi connectivity index (χ0) is 28.2. The van der Waals surface area contributed by atoms with Crippen LogP contribution >= 0.6 is 0 Å². The molecule has 1 unspecified atom stereocenters. The number of carbonyl (C=O) groups excluding carboxylic acids is 2. The van der Waals surface area contributed by atoms with Crippen molar-refractivity contribution < 1.29 is 38.0 Å². The number of carbonyl (C=O) groups is 2. The molecule has 0 spiro atoms. The molecule has 0 fully saturated rings. The normalized spacial score (nSPS) is 14.4. The van der Waals surface area contributed by atoms with E-state index in [1.54, 1.807) is 33.9 Å². The molecule has 1 aliphatic carbocycles. The molecule has 38 heavy (non-hydrogen) atoms. The summed E-state index contributed by atoms with van der Waals surface area (Å²) in [6.07, 6.45) is 0.222. The van der Waals surface area contributed by atoms with E-state index >= 15 is 0 Å². The van der Waals surface area contributed by atoms with E-state index in [0.29, 0.717) is 54.4 Å². The van der Waals surface area contributed by atoms with Crippen LogP contribution in [0.15, 0.2) is 16.9 Å². The molecule has 1 aliphatic rings. The number of esters is 1. The Kier molecular flexibility index (Phi) is 9.09. The molecule has 10 heteroatoms. The van der Waals surface area contributed by atoms with Crippen molar-refractivity contribution in [3.8, 4) is 28.5 Å². The summed E-state index contributed by atoms with van der Waals surface area (Å²) in [7, 11) is 4.33. The number of ether oxygens (including phenoxy) is 6. The molecule has 0 aliphatic heterocycles. The first-order chi connectivity index (χ1) is 17.9. The van der Waals surface area contributed by atoms with Gasteiger partial charge < -0.3 is 33.4 Å². The quantitative estimate of drug-likeness (QED) is 0.357. The van der Waals surface area contributed by atoms with Gasteiger partial charge in [-0.1, -0.05) is 13.8 Å². The zero-order valence-electron chi connectivity index (χ0n) is 23.3. The lowest BCUT2D eigenvalue weighted by Crippen LogP contribution is -2.31. The van der Waals surface area contributed by atoms with Crippen molar-refractivity contribution in [1.82, 2.24) is 4.98 Å². The Morgan fingerprint density at radius 1 is 1.08 bits per heavy atom. The first-order valence-corrected chi connectivity index (χ1v) is 12.5. The zero-order valence-corrected chi connectivity index (χ0v) is 23.3. The Morgan fingerprint density at radius 3 is 2.37 bits per heavy atom. The van der Waals surface area contributed by atoms with Gasteiger partial charge in [-0.15, -0.1) is 0 Å². The van der Waals surface area contributed by atoms with Crippen LogP contribution in [0.1, 0.15) is 68.4 Å². The molecule has 0 amide bonds. The van der Waals surface area contributed by atoms with Gasteiger partial charge in [0.25, 0.3) is 5.56 Å². The number of methoxy groups -OCH3 is 3. The van der Waals surface area contributed by atoms with Crippen molar-refractivity contribution in [2.75, 3.05) is 34.5 Å². The van der Waals surface area contributed by atoms with E-state index in [2.05, 4.69) is 4.98 Å². The molecule has 2 aromatic rings. The maximum atomic E-state index is 13.2. The van der Waals surface area contributed by atoms with E-state index in [9.17, 15) is 14.4 Å². The SMILES string of the molecule is COCCCOc1cc2c(cc1OC)-c1[nH]c(=O)c(C(=O)OC)c(OC(=O)OC(C)(C)C)c1C(C(C)C)C2. The van der Waals surface area contributed by atoms with Gasteiger partial charge >= 0.3 is 12.1 Å². The largest absolute Gasteiger partial charge is 0.514 e. The number of H-pyrrole nitrogens is 1. The smallest absolute Gasteiger partial charge is 0.493 e. The first kappa shape index (κ1) is 29.0. The molecule has 0 saturated carbocycles. The van der Waals surface area contributed by atoms with Crippen LogP contribution in [-0.2, 0) is 20.6 Å². The second-order valence-corrected chi connectivity index (χ2v) is 10.4. The summed E-state index contributed by atoms with van der Waals surface area (Å²) in [5.74, 6) is -0.196. The molecule has 208 valence electrons. The molecular weight excluding hydrogens is 494 g/mol. The van der Waals surface area contributed by atoms with Gasteiger partial charge in [-0.05, 0) is 56.7 Å². The van der Waals surface area contributed by atoms with Crippen molar-refractivity contribution >= 4 is 12.1 Å². The third-order valence-electron chi connectivity index (χ3n) is 6.20. The molecule has 1 heterocycles. The van der Waals surface area contributed by atoms with E-state index in [-0.39, 0.29) is 17.6 Å². The first-order valence-electron chi connectivity index (χ1n) is 12.5. The molecule has 10 nitrogen and oxygen atoms in total. The van der Waals surface area contributed by atoms with Gasteiger partial charge in [-0.3, -0.25) is 4.79 Å². The number of rotatable bonds is 9. The van der Waals surface area contributed by atoms with E-state index in [4.69, 9.17) is 28.4 Å². The second kappa shape index (κ2) is 11.9. The minimum atomic E-state index is -1.03. The number of aromatic nitrogens is 1. The summed E-state index contributed by atoms with van der Waals surface area (Å²) in [6, 6.07) is 3.68. The molecule has 1 N–H and O–H groups in total. The summed E-state index contributed by atoms with van der Waals surface area (Å²) in [6.45, 7) is 10.1. The van der Waals surface area contributed by atoms with Crippen LogP contribution in [0.2, 0.25) is 0 Å². The Hall–Kier alpha value is -3.53. The van der Waals surface area contributed by atoms with Gasteiger partial charge in [0.2, 0.25) is 0 Å². The minimum Gasteiger partial charge on any atom is -0.493 e. The van der Waals surface area contributed by atoms with Crippen LogP contribution in [0, 0.1) is 5.92 Å². The topological polar surface area (TPSA) is 122 Å². The highest BCUT2D eigenvalue weighted by Gasteiger charge is 2.37. The van der Waals surface area contributed by atoms with Gasteiger partial charge in [0, 0.05) is 31.3 Å². The molecule has 3 rings (SSSR count).